The van der Waals surface area contributed by atoms with E-state index in [0.717, 1.165) is 31.4 Å². The number of hydrogen-bond donors (Lipinski definition) is 2. The monoisotopic (exact) mass is 266 g/mol. The fraction of sp³-hybridized carbons (Fsp3) is 0.538. The van der Waals surface area contributed by atoms with Crippen LogP contribution in [0.15, 0.2) is 29.2 Å². The molecule has 4 nitrogen and oxygen atoms in total. The Labute approximate surface area is 108 Å². The quantitative estimate of drug-likeness (QED) is 0.858. The Morgan fingerprint density at radius 2 is 1.72 bits per heavy atom. The number of para-hydroxylation sites is 1. The van der Waals surface area contributed by atoms with E-state index in [2.05, 4.69) is 10.0 Å². The summed E-state index contributed by atoms with van der Waals surface area (Å²) in [5.41, 5.74) is 0.732. The molecule has 2 N–H and O–H groups in total. The van der Waals surface area contributed by atoms with E-state index >= 15 is 0 Å². The molecule has 18 heavy (non-hydrogen) atoms. The standard InChI is InChI=1S/C13H18N2O2S/c16-18(17,15-11-8-9-11)13-7-2-1-6-12(13)14-10-4-3-5-10/h1-2,6-7,10-11,14-15H,3-5,8-9H2. The number of hydrogen-bond acceptors (Lipinski definition) is 3. The Bertz CT molecular complexity index is 534. The summed E-state index contributed by atoms with van der Waals surface area (Å²) in [6, 6.07) is 7.74. The second-order valence-electron chi connectivity index (χ2n) is 5.16. The Morgan fingerprint density at radius 1 is 1.00 bits per heavy atom. The van der Waals surface area contributed by atoms with Crippen molar-refractivity contribution >= 4 is 15.7 Å². The molecular weight excluding hydrogens is 248 g/mol. The van der Waals surface area contributed by atoms with Crippen LogP contribution in [0.4, 0.5) is 5.69 Å². The second-order valence-corrected chi connectivity index (χ2v) is 6.85. The summed E-state index contributed by atoms with van der Waals surface area (Å²) < 4.78 is 27.2. The minimum atomic E-state index is -3.37. The summed E-state index contributed by atoms with van der Waals surface area (Å²) in [7, 11) is -3.37. The Balaban J connectivity index is 1.84. The van der Waals surface area contributed by atoms with Crippen molar-refractivity contribution < 1.29 is 8.42 Å². The lowest BCUT2D eigenvalue weighted by molar-refractivity contribution is 0.445. The number of anilines is 1. The normalized spacial score (nSPS) is 20.4. The molecule has 5 heteroatoms. The van der Waals surface area contributed by atoms with Crippen LogP contribution in [0.5, 0.6) is 0 Å². The van der Waals surface area contributed by atoms with Crippen LogP contribution in [0.3, 0.4) is 0 Å². The van der Waals surface area contributed by atoms with Gasteiger partial charge < -0.3 is 5.32 Å². The van der Waals surface area contributed by atoms with E-state index < -0.39 is 10.0 Å². The molecule has 98 valence electrons. The Kier molecular flexibility index (Phi) is 3.03. The molecule has 1 aromatic rings. The zero-order chi connectivity index (χ0) is 12.6. The van der Waals surface area contributed by atoms with Gasteiger partial charge in [-0.05, 0) is 44.2 Å². The highest BCUT2D eigenvalue weighted by Gasteiger charge is 2.29. The molecule has 0 aliphatic heterocycles. The molecular formula is C13H18N2O2S. The maximum Gasteiger partial charge on any atom is 0.242 e. The zero-order valence-electron chi connectivity index (χ0n) is 10.2. The maximum absolute atomic E-state index is 12.2. The van der Waals surface area contributed by atoms with Crippen molar-refractivity contribution in [3.05, 3.63) is 24.3 Å². The molecule has 2 fully saturated rings. The molecule has 2 aliphatic carbocycles. The molecule has 3 rings (SSSR count). The summed E-state index contributed by atoms with van der Waals surface area (Å²) >= 11 is 0. The van der Waals surface area contributed by atoms with Gasteiger partial charge in [0.1, 0.15) is 4.90 Å². The third kappa shape index (κ3) is 2.52. The summed E-state index contributed by atoms with van der Waals surface area (Å²) in [4.78, 5) is 0.379. The van der Waals surface area contributed by atoms with Crippen molar-refractivity contribution in [2.24, 2.45) is 0 Å². The van der Waals surface area contributed by atoms with Gasteiger partial charge in [0.2, 0.25) is 10.0 Å². The van der Waals surface area contributed by atoms with Crippen LogP contribution in [0.2, 0.25) is 0 Å². The average molecular weight is 266 g/mol. The van der Waals surface area contributed by atoms with Crippen molar-refractivity contribution in [1.82, 2.24) is 4.72 Å². The van der Waals surface area contributed by atoms with Crippen LogP contribution < -0.4 is 10.0 Å². The smallest absolute Gasteiger partial charge is 0.242 e. The molecule has 0 spiro atoms. The third-order valence-electron chi connectivity index (χ3n) is 3.54. The van der Waals surface area contributed by atoms with Crippen LogP contribution >= 0.6 is 0 Å². The molecule has 0 saturated heterocycles. The maximum atomic E-state index is 12.2. The molecule has 2 aliphatic rings. The van der Waals surface area contributed by atoms with Crippen molar-refractivity contribution in [1.29, 1.82) is 0 Å². The fourth-order valence-corrected chi connectivity index (χ4v) is 3.55. The van der Waals surface area contributed by atoms with Gasteiger partial charge in [0.05, 0.1) is 5.69 Å². The first kappa shape index (κ1) is 12.0. The summed E-state index contributed by atoms with van der Waals surface area (Å²) in [6.07, 6.45) is 5.40. The van der Waals surface area contributed by atoms with Gasteiger partial charge >= 0.3 is 0 Å². The molecule has 1 aromatic carbocycles. The van der Waals surface area contributed by atoms with Gasteiger partial charge in [-0.2, -0.15) is 0 Å². The van der Waals surface area contributed by atoms with Crippen LogP contribution in [0.25, 0.3) is 0 Å². The lowest BCUT2D eigenvalue weighted by atomic mass is 9.93. The SMILES string of the molecule is O=S(=O)(NC1CC1)c1ccccc1NC1CCC1. The lowest BCUT2D eigenvalue weighted by Crippen LogP contribution is -2.30. The first-order valence-corrected chi connectivity index (χ1v) is 8.01. The first-order chi connectivity index (χ1) is 8.65. The molecule has 0 atom stereocenters. The summed E-state index contributed by atoms with van der Waals surface area (Å²) in [6.45, 7) is 0. The molecule has 0 heterocycles. The van der Waals surface area contributed by atoms with Crippen LogP contribution in [0.1, 0.15) is 32.1 Å². The highest BCUT2D eigenvalue weighted by atomic mass is 32.2. The number of benzene rings is 1. The Morgan fingerprint density at radius 3 is 2.33 bits per heavy atom. The number of sulfonamides is 1. The van der Waals surface area contributed by atoms with Crippen molar-refractivity contribution in [2.75, 3.05) is 5.32 Å². The number of rotatable bonds is 5. The zero-order valence-corrected chi connectivity index (χ0v) is 11.0. The molecule has 0 bridgehead atoms. The highest BCUT2D eigenvalue weighted by Crippen LogP contribution is 2.29. The molecule has 0 radical (unpaired) electrons. The van der Waals surface area contributed by atoms with Crippen molar-refractivity contribution in [2.45, 2.75) is 49.1 Å². The van der Waals surface area contributed by atoms with E-state index in [-0.39, 0.29) is 6.04 Å². The molecule has 2 saturated carbocycles. The Hall–Kier alpha value is -1.07. The number of nitrogens with one attached hydrogen (secondary N) is 2. The van der Waals surface area contributed by atoms with E-state index in [1.54, 1.807) is 12.1 Å². The summed E-state index contributed by atoms with van der Waals surface area (Å²) in [5, 5.41) is 3.33. The van der Waals surface area contributed by atoms with Gasteiger partial charge in [0.15, 0.2) is 0 Å². The largest absolute Gasteiger partial charge is 0.381 e. The highest BCUT2D eigenvalue weighted by molar-refractivity contribution is 7.89. The molecule has 0 amide bonds. The van der Waals surface area contributed by atoms with Gasteiger partial charge in [-0.1, -0.05) is 12.1 Å². The molecule has 0 aromatic heterocycles. The second kappa shape index (κ2) is 4.55. The van der Waals surface area contributed by atoms with Crippen LogP contribution in [0, 0.1) is 0 Å². The minimum Gasteiger partial charge on any atom is -0.381 e. The third-order valence-corrected chi connectivity index (χ3v) is 5.12. The van der Waals surface area contributed by atoms with E-state index in [4.69, 9.17) is 0 Å². The topological polar surface area (TPSA) is 58.2 Å². The van der Waals surface area contributed by atoms with Crippen molar-refractivity contribution in [3.8, 4) is 0 Å². The van der Waals surface area contributed by atoms with E-state index in [1.807, 2.05) is 12.1 Å². The van der Waals surface area contributed by atoms with Gasteiger partial charge in [0, 0.05) is 12.1 Å². The minimum absolute atomic E-state index is 0.145. The van der Waals surface area contributed by atoms with E-state index in [0.29, 0.717) is 10.9 Å². The van der Waals surface area contributed by atoms with Gasteiger partial charge in [-0.15, -0.1) is 0 Å². The lowest BCUT2D eigenvalue weighted by Gasteiger charge is -2.28. The van der Waals surface area contributed by atoms with Gasteiger partial charge in [0.25, 0.3) is 0 Å². The van der Waals surface area contributed by atoms with Crippen LogP contribution in [-0.4, -0.2) is 20.5 Å². The van der Waals surface area contributed by atoms with Gasteiger partial charge in [-0.25, -0.2) is 13.1 Å². The first-order valence-electron chi connectivity index (χ1n) is 6.53. The molecule has 0 unspecified atom stereocenters. The predicted molar refractivity (Wildman–Crippen MR) is 71.0 cm³/mol. The van der Waals surface area contributed by atoms with E-state index in [9.17, 15) is 8.42 Å². The summed E-state index contributed by atoms with van der Waals surface area (Å²) in [5.74, 6) is 0. The average Bonchev–Trinajstić information content (AvgIpc) is 3.07. The predicted octanol–water partition coefficient (Wildman–Crippen LogP) is 2.09. The van der Waals surface area contributed by atoms with E-state index in [1.165, 1.54) is 6.42 Å². The fourth-order valence-electron chi connectivity index (χ4n) is 2.08. The van der Waals surface area contributed by atoms with Crippen LogP contribution in [-0.2, 0) is 10.0 Å². The van der Waals surface area contributed by atoms with Gasteiger partial charge in [-0.3, -0.25) is 0 Å². The van der Waals surface area contributed by atoms with Crippen molar-refractivity contribution in [3.63, 3.8) is 0 Å².